The van der Waals surface area contributed by atoms with E-state index in [4.69, 9.17) is 9.47 Å². The Labute approximate surface area is 199 Å². The number of methoxy groups -OCH3 is 1. The van der Waals surface area contributed by atoms with Crippen molar-refractivity contribution >= 4 is 11.4 Å². The fourth-order valence-electron chi connectivity index (χ4n) is 6.03. The molecular weight excluding hydrogens is 412 g/mol. The molecule has 0 saturated carbocycles. The number of hydrogen-bond acceptors (Lipinski definition) is 5. The minimum Gasteiger partial charge on any atom is -0.497 e. The van der Waals surface area contributed by atoms with Gasteiger partial charge < -0.3 is 24.4 Å². The zero-order chi connectivity index (χ0) is 24.3. The summed E-state index contributed by atoms with van der Waals surface area (Å²) in [5.41, 5.74) is 4.81. The van der Waals surface area contributed by atoms with E-state index in [-0.39, 0.29) is 5.41 Å². The number of aliphatic hydroxyl groups is 1. The molecule has 2 heterocycles. The van der Waals surface area contributed by atoms with Crippen LogP contribution in [0.4, 0.5) is 11.4 Å². The van der Waals surface area contributed by atoms with Crippen LogP contribution in [0.25, 0.3) is 0 Å². The van der Waals surface area contributed by atoms with Crippen LogP contribution in [0, 0.1) is 26.2 Å². The predicted molar refractivity (Wildman–Crippen MR) is 136 cm³/mol. The Morgan fingerprint density at radius 1 is 0.879 bits per heavy atom. The zero-order valence-corrected chi connectivity index (χ0v) is 21.8. The van der Waals surface area contributed by atoms with Crippen molar-refractivity contribution < 1.29 is 14.6 Å². The lowest BCUT2D eigenvalue weighted by Crippen LogP contribution is -2.55. The second-order valence-corrected chi connectivity index (χ2v) is 11.2. The summed E-state index contributed by atoms with van der Waals surface area (Å²) in [6, 6.07) is 8.31. The van der Waals surface area contributed by atoms with Crippen LogP contribution in [0.3, 0.4) is 0 Å². The fourth-order valence-corrected chi connectivity index (χ4v) is 6.03. The molecule has 0 aliphatic carbocycles. The van der Waals surface area contributed by atoms with Crippen molar-refractivity contribution in [2.24, 2.45) is 5.41 Å². The largest absolute Gasteiger partial charge is 0.497 e. The van der Waals surface area contributed by atoms with Gasteiger partial charge in [0.15, 0.2) is 0 Å². The van der Waals surface area contributed by atoms with Crippen LogP contribution in [0.1, 0.15) is 56.9 Å². The van der Waals surface area contributed by atoms with Gasteiger partial charge in [0, 0.05) is 43.1 Å². The Bertz CT molecular complexity index is 1040. The first kappa shape index (κ1) is 23.7. The summed E-state index contributed by atoms with van der Waals surface area (Å²) in [6.45, 7) is 20.6. The topological polar surface area (TPSA) is 45.2 Å². The molecule has 0 bridgehead atoms. The molecule has 2 aliphatic rings. The summed E-state index contributed by atoms with van der Waals surface area (Å²) < 4.78 is 11.8. The highest BCUT2D eigenvalue weighted by Gasteiger charge is 2.61. The van der Waals surface area contributed by atoms with E-state index in [0.29, 0.717) is 0 Å². The zero-order valence-electron chi connectivity index (χ0n) is 21.8. The number of anilines is 2. The lowest BCUT2D eigenvalue weighted by molar-refractivity contribution is -0.160. The third-order valence-electron chi connectivity index (χ3n) is 7.92. The van der Waals surface area contributed by atoms with Crippen molar-refractivity contribution in [2.45, 2.75) is 66.6 Å². The highest BCUT2D eigenvalue weighted by Crippen LogP contribution is 2.60. The summed E-state index contributed by atoms with van der Waals surface area (Å²) in [5, 5.41) is 12.2. The molecule has 4 rings (SSSR count). The second-order valence-electron chi connectivity index (χ2n) is 11.2. The van der Waals surface area contributed by atoms with Crippen LogP contribution in [-0.2, 0) is 5.60 Å². The maximum Gasteiger partial charge on any atom is 0.137 e. The first-order valence-corrected chi connectivity index (χ1v) is 12.0. The summed E-state index contributed by atoms with van der Waals surface area (Å²) in [6.07, 6.45) is 0. The molecule has 0 spiro atoms. The van der Waals surface area contributed by atoms with Gasteiger partial charge in [0.2, 0.25) is 0 Å². The van der Waals surface area contributed by atoms with E-state index in [2.05, 4.69) is 63.5 Å². The number of ether oxygens (including phenoxy) is 2. The van der Waals surface area contributed by atoms with Gasteiger partial charge in [0.1, 0.15) is 22.7 Å². The minimum absolute atomic E-state index is 0.376. The van der Waals surface area contributed by atoms with Crippen molar-refractivity contribution in [1.29, 1.82) is 0 Å². The maximum absolute atomic E-state index is 12.2. The molecule has 1 unspecified atom stereocenters. The Hall–Kier alpha value is -2.40. The van der Waals surface area contributed by atoms with Gasteiger partial charge >= 0.3 is 0 Å². The normalized spacial score (nSPS) is 22.2. The third-order valence-corrected chi connectivity index (χ3v) is 7.92. The van der Waals surface area contributed by atoms with E-state index < -0.39 is 11.2 Å². The van der Waals surface area contributed by atoms with E-state index in [1.54, 1.807) is 7.11 Å². The minimum atomic E-state index is -1.09. The van der Waals surface area contributed by atoms with Gasteiger partial charge in [-0.25, -0.2) is 0 Å². The highest BCUT2D eigenvalue weighted by atomic mass is 16.5. The van der Waals surface area contributed by atoms with Crippen LogP contribution >= 0.6 is 0 Å². The van der Waals surface area contributed by atoms with Crippen molar-refractivity contribution in [1.82, 2.24) is 0 Å². The van der Waals surface area contributed by atoms with Crippen LogP contribution < -0.4 is 19.3 Å². The molecular formula is C28H40N2O3. The molecule has 1 fully saturated rings. The molecule has 1 N–H and O–H groups in total. The van der Waals surface area contributed by atoms with E-state index >= 15 is 0 Å². The third kappa shape index (κ3) is 3.47. The van der Waals surface area contributed by atoms with Crippen molar-refractivity contribution in [3.05, 3.63) is 46.5 Å². The monoisotopic (exact) mass is 452 g/mol. The molecule has 0 radical (unpaired) electrons. The second kappa shape index (κ2) is 7.83. The fraction of sp³-hybridized carbons (Fsp3) is 0.571. The number of hydrogen-bond donors (Lipinski definition) is 1. The number of nitrogens with zero attached hydrogens (tertiary/aromatic N) is 2. The van der Waals surface area contributed by atoms with Gasteiger partial charge in [-0.2, -0.15) is 0 Å². The number of fused-ring (bicyclic) bond motifs is 1. The van der Waals surface area contributed by atoms with Gasteiger partial charge in [-0.1, -0.05) is 20.8 Å². The smallest absolute Gasteiger partial charge is 0.137 e. The quantitative estimate of drug-likeness (QED) is 0.680. The van der Waals surface area contributed by atoms with Gasteiger partial charge in [-0.05, 0) is 81.0 Å². The molecule has 33 heavy (non-hydrogen) atoms. The van der Waals surface area contributed by atoms with Gasteiger partial charge in [-0.15, -0.1) is 0 Å². The highest BCUT2D eigenvalue weighted by molar-refractivity contribution is 5.72. The van der Waals surface area contributed by atoms with E-state index in [1.807, 2.05) is 26.0 Å². The van der Waals surface area contributed by atoms with Crippen molar-refractivity contribution in [3.63, 3.8) is 0 Å². The molecule has 2 aromatic rings. The molecule has 1 saturated heterocycles. The number of benzene rings is 2. The van der Waals surface area contributed by atoms with Crippen molar-refractivity contribution in [2.75, 3.05) is 43.1 Å². The van der Waals surface area contributed by atoms with Crippen LogP contribution in [0.15, 0.2) is 24.3 Å². The Balaban J connectivity index is 1.70. The van der Waals surface area contributed by atoms with E-state index in [1.165, 1.54) is 16.9 Å². The lowest BCUT2D eigenvalue weighted by Gasteiger charge is -2.46. The average Bonchev–Trinajstić information content (AvgIpc) is 3.00. The first-order valence-electron chi connectivity index (χ1n) is 12.0. The van der Waals surface area contributed by atoms with Gasteiger partial charge in [0.25, 0.3) is 0 Å². The van der Waals surface area contributed by atoms with Crippen molar-refractivity contribution in [3.8, 4) is 11.5 Å². The van der Waals surface area contributed by atoms with Gasteiger partial charge in [-0.3, -0.25) is 0 Å². The summed E-state index contributed by atoms with van der Waals surface area (Å²) in [5.74, 6) is 1.75. The number of piperazine rings is 1. The number of rotatable bonds is 3. The molecule has 2 aromatic carbocycles. The van der Waals surface area contributed by atoms with E-state index in [9.17, 15) is 5.11 Å². The molecule has 5 heteroatoms. The summed E-state index contributed by atoms with van der Waals surface area (Å²) in [4.78, 5) is 4.92. The molecule has 1 atom stereocenters. The van der Waals surface area contributed by atoms with Crippen LogP contribution in [0.5, 0.6) is 11.5 Å². The Morgan fingerprint density at radius 2 is 1.42 bits per heavy atom. The molecule has 0 amide bonds. The van der Waals surface area contributed by atoms with Gasteiger partial charge in [0.05, 0.1) is 7.11 Å². The molecule has 180 valence electrons. The maximum atomic E-state index is 12.2. The predicted octanol–water partition coefficient (Wildman–Crippen LogP) is 5.35. The van der Waals surface area contributed by atoms with Crippen LogP contribution in [0.2, 0.25) is 0 Å². The molecule has 2 aliphatic heterocycles. The Morgan fingerprint density at radius 3 is 1.94 bits per heavy atom. The average molecular weight is 453 g/mol. The molecule has 5 nitrogen and oxygen atoms in total. The summed E-state index contributed by atoms with van der Waals surface area (Å²) >= 11 is 0. The molecule has 0 aromatic heterocycles. The first-order chi connectivity index (χ1) is 15.3. The lowest BCUT2D eigenvalue weighted by atomic mass is 9.64. The summed E-state index contributed by atoms with van der Waals surface area (Å²) in [7, 11) is 1.70. The Kier molecular flexibility index (Phi) is 5.64. The SMILES string of the molecule is COc1ccc(N2CCN(c3c(C)c(C)c4c(c3C)C(O)(C(C)(C)C)C(C)(C)O4)CC2)cc1. The standard InChI is InChI=1S/C28H40N2O3/c1-18-19(2)25-23(28(31,26(4,5)6)27(7,8)33-25)20(3)24(18)30-16-14-29(15-17-30)21-10-12-22(32-9)13-11-21/h10-13,31H,14-17H2,1-9H3. The van der Waals surface area contributed by atoms with E-state index in [0.717, 1.165) is 54.4 Å². The van der Waals surface area contributed by atoms with Crippen LogP contribution in [-0.4, -0.2) is 44.0 Å².